The summed E-state index contributed by atoms with van der Waals surface area (Å²) < 4.78 is 1.97. The molecule has 0 atom stereocenters. The van der Waals surface area contributed by atoms with Gasteiger partial charge in [-0.2, -0.15) is 0 Å². The van der Waals surface area contributed by atoms with Gasteiger partial charge in [0.1, 0.15) is 0 Å². The number of nitrogens with zero attached hydrogens (tertiary/aromatic N) is 5. The maximum absolute atomic E-state index is 4.30. The third kappa shape index (κ3) is 3.92. The largest absolute Gasteiger partial charge is 0.364 e. The molecular weight excluding hydrogens is 338 g/mol. The SMILES string of the molecule is CN=C(NCc1cccc(N2CC=CC2)c1)NCc1nnc2ccccn12. The molecule has 4 rings (SSSR count). The second kappa shape index (κ2) is 7.90. The van der Waals surface area contributed by atoms with E-state index in [-0.39, 0.29) is 0 Å². The Hall–Kier alpha value is -3.35. The molecule has 0 aliphatic carbocycles. The zero-order valence-electron chi connectivity index (χ0n) is 15.3. The van der Waals surface area contributed by atoms with Crippen LogP contribution in [0.15, 0.2) is 65.8 Å². The molecule has 0 saturated carbocycles. The van der Waals surface area contributed by atoms with Crippen molar-refractivity contribution in [3.05, 3.63) is 72.2 Å². The Morgan fingerprint density at radius 3 is 2.74 bits per heavy atom. The van der Waals surface area contributed by atoms with Gasteiger partial charge in [-0.25, -0.2) is 0 Å². The van der Waals surface area contributed by atoms with Crippen molar-refractivity contribution < 1.29 is 0 Å². The Labute approximate surface area is 158 Å². The van der Waals surface area contributed by atoms with Crippen LogP contribution in [0.25, 0.3) is 5.65 Å². The lowest BCUT2D eigenvalue weighted by Gasteiger charge is -2.19. The number of rotatable bonds is 5. The van der Waals surface area contributed by atoms with Gasteiger partial charge in [-0.05, 0) is 29.8 Å². The van der Waals surface area contributed by atoms with Gasteiger partial charge >= 0.3 is 0 Å². The molecule has 7 heteroatoms. The van der Waals surface area contributed by atoms with Gasteiger partial charge in [-0.3, -0.25) is 9.39 Å². The first kappa shape index (κ1) is 17.1. The summed E-state index contributed by atoms with van der Waals surface area (Å²) in [5.74, 6) is 1.58. The molecule has 0 radical (unpaired) electrons. The molecule has 0 unspecified atom stereocenters. The molecule has 0 bridgehead atoms. The lowest BCUT2D eigenvalue weighted by molar-refractivity contribution is 0.762. The van der Waals surface area contributed by atoms with Crippen molar-refractivity contribution in [1.29, 1.82) is 0 Å². The molecule has 0 saturated heterocycles. The van der Waals surface area contributed by atoms with Gasteiger partial charge in [0, 0.05) is 38.6 Å². The Balaban J connectivity index is 1.35. The van der Waals surface area contributed by atoms with Crippen LogP contribution in [0.4, 0.5) is 5.69 Å². The molecule has 7 nitrogen and oxygen atoms in total. The minimum Gasteiger partial charge on any atom is -0.364 e. The van der Waals surface area contributed by atoms with E-state index in [0.717, 1.165) is 30.5 Å². The Bertz CT molecular complexity index is 965. The van der Waals surface area contributed by atoms with Gasteiger partial charge in [0.2, 0.25) is 0 Å². The van der Waals surface area contributed by atoms with Crippen molar-refractivity contribution in [3.8, 4) is 0 Å². The quantitative estimate of drug-likeness (QED) is 0.413. The average molecular weight is 361 g/mol. The molecule has 3 heterocycles. The predicted molar refractivity (Wildman–Crippen MR) is 108 cm³/mol. The maximum atomic E-state index is 4.30. The van der Waals surface area contributed by atoms with E-state index in [4.69, 9.17) is 0 Å². The van der Waals surface area contributed by atoms with Crippen LogP contribution in [0, 0.1) is 0 Å². The number of pyridine rings is 1. The van der Waals surface area contributed by atoms with Crippen LogP contribution in [0.3, 0.4) is 0 Å². The van der Waals surface area contributed by atoms with E-state index < -0.39 is 0 Å². The summed E-state index contributed by atoms with van der Waals surface area (Å²) in [5.41, 5.74) is 3.30. The highest BCUT2D eigenvalue weighted by Gasteiger charge is 2.09. The summed E-state index contributed by atoms with van der Waals surface area (Å²) in [6.45, 7) is 3.21. The van der Waals surface area contributed by atoms with Crippen LogP contribution >= 0.6 is 0 Å². The van der Waals surface area contributed by atoms with Crippen molar-refractivity contribution in [2.45, 2.75) is 13.1 Å². The summed E-state index contributed by atoms with van der Waals surface area (Å²) >= 11 is 0. The molecule has 1 aliphatic heterocycles. The smallest absolute Gasteiger partial charge is 0.191 e. The standard InChI is InChI=1S/C20H23N7/c1-21-20(23-15-19-25-24-18-9-2-3-12-27(18)19)22-14-16-7-6-8-17(13-16)26-10-4-5-11-26/h2-9,12-13H,10-11,14-15H2,1H3,(H2,21,22,23). The molecule has 0 amide bonds. The second-order valence-corrected chi connectivity index (χ2v) is 6.37. The molecule has 1 aromatic carbocycles. The molecule has 27 heavy (non-hydrogen) atoms. The lowest BCUT2D eigenvalue weighted by Crippen LogP contribution is -2.36. The summed E-state index contributed by atoms with van der Waals surface area (Å²) in [4.78, 5) is 6.64. The van der Waals surface area contributed by atoms with Gasteiger partial charge in [0.15, 0.2) is 17.4 Å². The van der Waals surface area contributed by atoms with Crippen LogP contribution in [-0.2, 0) is 13.1 Å². The molecule has 2 aromatic heterocycles. The molecule has 2 N–H and O–H groups in total. The fraction of sp³-hybridized carbons (Fsp3) is 0.250. The Kier molecular flexibility index (Phi) is 5.00. The predicted octanol–water partition coefficient (Wildman–Crippen LogP) is 1.97. The van der Waals surface area contributed by atoms with E-state index in [1.807, 2.05) is 28.8 Å². The number of nitrogens with one attached hydrogen (secondary N) is 2. The van der Waals surface area contributed by atoms with E-state index in [0.29, 0.717) is 13.1 Å². The molecule has 3 aromatic rings. The molecular formula is C20H23N7. The average Bonchev–Trinajstić information content (AvgIpc) is 3.39. The topological polar surface area (TPSA) is 69.8 Å². The molecule has 0 fully saturated rings. The van der Waals surface area contributed by atoms with Gasteiger partial charge in [0.25, 0.3) is 0 Å². The first-order valence-electron chi connectivity index (χ1n) is 9.05. The summed E-state index contributed by atoms with van der Waals surface area (Å²) in [6.07, 6.45) is 6.36. The normalized spacial score (nSPS) is 14.1. The third-order valence-corrected chi connectivity index (χ3v) is 4.58. The number of benzene rings is 1. The minimum atomic E-state index is 0.546. The molecule has 138 valence electrons. The van der Waals surface area contributed by atoms with E-state index >= 15 is 0 Å². The van der Waals surface area contributed by atoms with E-state index in [9.17, 15) is 0 Å². The van der Waals surface area contributed by atoms with Crippen LogP contribution in [0.5, 0.6) is 0 Å². The molecule has 0 spiro atoms. The zero-order chi connectivity index (χ0) is 18.5. The third-order valence-electron chi connectivity index (χ3n) is 4.58. The number of anilines is 1. The van der Waals surface area contributed by atoms with Crippen LogP contribution in [-0.4, -0.2) is 40.7 Å². The highest BCUT2D eigenvalue weighted by atomic mass is 15.3. The van der Waals surface area contributed by atoms with Crippen molar-refractivity contribution in [3.63, 3.8) is 0 Å². The van der Waals surface area contributed by atoms with Crippen molar-refractivity contribution in [2.75, 3.05) is 25.0 Å². The number of aromatic nitrogens is 3. The second-order valence-electron chi connectivity index (χ2n) is 6.37. The summed E-state index contributed by atoms with van der Waals surface area (Å²) in [5, 5.41) is 15.1. The van der Waals surface area contributed by atoms with Crippen LogP contribution in [0.1, 0.15) is 11.4 Å². The number of fused-ring (bicyclic) bond motifs is 1. The number of hydrogen-bond donors (Lipinski definition) is 2. The fourth-order valence-electron chi connectivity index (χ4n) is 3.13. The van der Waals surface area contributed by atoms with Gasteiger partial charge in [-0.1, -0.05) is 30.4 Å². The van der Waals surface area contributed by atoms with Crippen molar-refractivity contribution in [2.24, 2.45) is 4.99 Å². The van der Waals surface area contributed by atoms with Crippen molar-refractivity contribution >= 4 is 17.3 Å². The van der Waals surface area contributed by atoms with E-state index in [2.05, 4.69) is 67.1 Å². The monoisotopic (exact) mass is 361 g/mol. The van der Waals surface area contributed by atoms with Gasteiger partial charge < -0.3 is 15.5 Å². The van der Waals surface area contributed by atoms with Gasteiger partial charge in [-0.15, -0.1) is 10.2 Å². The van der Waals surface area contributed by atoms with E-state index in [1.54, 1.807) is 7.05 Å². The highest BCUT2D eigenvalue weighted by molar-refractivity contribution is 5.79. The number of guanidine groups is 1. The Morgan fingerprint density at radius 2 is 1.89 bits per heavy atom. The lowest BCUT2D eigenvalue weighted by atomic mass is 10.2. The fourth-order valence-corrected chi connectivity index (χ4v) is 3.13. The van der Waals surface area contributed by atoms with Crippen LogP contribution in [0.2, 0.25) is 0 Å². The molecule has 1 aliphatic rings. The van der Waals surface area contributed by atoms with Gasteiger partial charge in [0.05, 0.1) is 6.54 Å². The maximum Gasteiger partial charge on any atom is 0.191 e. The minimum absolute atomic E-state index is 0.546. The van der Waals surface area contributed by atoms with Crippen molar-refractivity contribution in [1.82, 2.24) is 25.2 Å². The Morgan fingerprint density at radius 1 is 1.04 bits per heavy atom. The number of aliphatic imine (C=N–C) groups is 1. The number of hydrogen-bond acceptors (Lipinski definition) is 4. The zero-order valence-corrected chi connectivity index (χ0v) is 15.3. The first-order valence-corrected chi connectivity index (χ1v) is 9.05. The van der Waals surface area contributed by atoms with E-state index in [1.165, 1.54) is 11.3 Å². The highest BCUT2D eigenvalue weighted by Crippen LogP contribution is 2.18. The summed E-state index contributed by atoms with van der Waals surface area (Å²) in [6, 6.07) is 14.5. The first-order chi connectivity index (χ1) is 13.3. The van der Waals surface area contributed by atoms with Crippen LogP contribution < -0.4 is 15.5 Å². The summed E-state index contributed by atoms with van der Waals surface area (Å²) in [7, 11) is 1.77.